The molecule has 0 aliphatic carbocycles. The number of oxazole rings is 1. The zero-order valence-electron chi connectivity index (χ0n) is 12.5. The second kappa shape index (κ2) is 5.75. The van der Waals surface area contributed by atoms with E-state index in [1.807, 2.05) is 6.07 Å². The van der Waals surface area contributed by atoms with Crippen molar-refractivity contribution in [3.8, 4) is 11.3 Å². The van der Waals surface area contributed by atoms with Crippen molar-refractivity contribution < 1.29 is 8.81 Å². The average molecular weight is 276 g/mol. The maximum absolute atomic E-state index is 13.5. The first-order valence-electron chi connectivity index (χ1n) is 6.81. The molecule has 0 amide bonds. The van der Waals surface area contributed by atoms with Crippen LogP contribution in [0.15, 0.2) is 28.8 Å². The van der Waals surface area contributed by atoms with Gasteiger partial charge in [-0.3, -0.25) is 0 Å². The molecule has 0 atom stereocenters. The van der Waals surface area contributed by atoms with Gasteiger partial charge in [-0.2, -0.15) is 0 Å². The van der Waals surface area contributed by atoms with Crippen LogP contribution >= 0.6 is 0 Å². The molecule has 2 aromatic rings. The van der Waals surface area contributed by atoms with E-state index in [-0.39, 0.29) is 11.4 Å². The topological polar surface area (TPSA) is 38.1 Å². The minimum Gasteiger partial charge on any atom is -0.441 e. The van der Waals surface area contributed by atoms with Crippen molar-refractivity contribution in [3.63, 3.8) is 0 Å². The molecule has 0 unspecified atom stereocenters. The summed E-state index contributed by atoms with van der Waals surface area (Å²) < 4.78 is 19.2. The highest BCUT2D eigenvalue weighted by Crippen LogP contribution is 2.22. The molecule has 0 fully saturated rings. The fourth-order valence-corrected chi connectivity index (χ4v) is 1.85. The predicted octanol–water partition coefficient (Wildman–Crippen LogP) is 3.72. The van der Waals surface area contributed by atoms with Crippen LogP contribution in [0, 0.1) is 12.7 Å². The van der Waals surface area contributed by atoms with E-state index in [1.165, 1.54) is 6.07 Å². The van der Waals surface area contributed by atoms with Crippen LogP contribution in [0.3, 0.4) is 0 Å². The normalized spacial score (nSPS) is 11.8. The molecule has 3 nitrogen and oxygen atoms in total. The summed E-state index contributed by atoms with van der Waals surface area (Å²) >= 11 is 0. The number of hydrogen-bond acceptors (Lipinski definition) is 3. The summed E-state index contributed by atoms with van der Waals surface area (Å²) in [4.78, 5) is 4.24. The van der Waals surface area contributed by atoms with E-state index >= 15 is 0 Å². The van der Waals surface area contributed by atoms with Gasteiger partial charge in [0.25, 0.3) is 0 Å². The van der Waals surface area contributed by atoms with Crippen molar-refractivity contribution >= 4 is 0 Å². The summed E-state index contributed by atoms with van der Waals surface area (Å²) in [6, 6.07) is 5.07. The number of aromatic nitrogens is 1. The van der Waals surface area contributed by atoms with E-state index in [9.17, 15) is 4.39 Å². The Balaban J connectivity index is 2.03. The molecule has 2 rings (SSSR count). The third kappa shape index (κ3) is 3.90. The number of benzene rings is 1. The van der Waals surface area contributed by atoms with Crippen LogP contribution in [0.4, 0.5) is 4.39 Å². The molecule has 0 spiro atoms. The zero-order chi connectivity index (χ0) is 14.8. The molecule has 108 valence electrons. The standard InChI is InChI=1S/C16H21FN2O/c1-11-5-6-12(9-13(11)17)14-10-18-15(20-14)7-8-19-16(2,3)4/h5-6,9-10,19H,7-8H2,1-4H3. The molecule has 0 aliphatic rings. The van der Waals surface area contributed by atoms with Gasteiger partial charge < -0.3 is 9.73 Å². The quantitative estimate of drug-likeness (QED) is 0.925. The van der Waals surface area contributed by atoms with Gasteiger partial charge in [-0.1, -0.05) is 12.1 Å². The van der Waals surface area contributed by atoms with Crippen LogP contribution in [0.25, 0.3) is 11.3 Å². The van der Waals surface area contributed by atoms with Crippen molar-refractivity contribution in [2.45, 2.75) is 39.7 Å². The van der Waals surface area contributed by atoms with Gasteiger partial charge in [0.1, 0.15) is 5.82 Å². The van der Waals surface area contributed by atoms with Gasteiger partial charge in [0.05, 0.1) is 6.20 Å². The van der Waals surface area contributed by atoms with E-state index < -0.39 is 0 Å². The number of aryl methyl sites for hydroxylation is 1. The molecule has 0 saturated carbocycles. The number of rotatable bonds is 4. The maximum atomic E-state index is 13.5. The van der Waals surface area contributed by atoms with Crippen LogP contribution in [0.1, 0.15) is 32.2 Å². The number of halogens is 1. The van der Waals surface area contributed by atoms with E-state index in [0.717, 1.165) is 12.1 Å². The lowest BCUT2D eigenvalue weighted by molar-refractivity contribution is 0.411. The van der Waals surface area contributed by atoms with Crippen molar-refractivity contribution in [2.24, 2.45) is 0 Å². The summed E-state index contributed by atoms with van der Waals surface area (Å²) in [5.74, 6) is 1.04. The van der Waals surface area contributed by atoms with Crippen LogP contribution in [-0.2, 0) is 6.42 Å². The Kier molecular flexibility index (Phi) is 4.23. The highest BCUT2D eigenvalue weighted by atomic mass is 19.1. The smallest absolute Gasteiger partial charge is 0.196 e. The van der Waals surface area contributed by atoms with E-state index in [0.29, 0.717) is 23.6 Å². The van der Waals surface area contributed by atoms with Crippen LogP contribution in [0.5, 0.6) is 0 Å². The van der Waals surface area contributed by atoms with E-state index in [1.54, 1.807) is 19.2 Å². The summed E-state index contributed by atoms with van der Waals surface area (Å²) in [6.45, 7) is 8.88. The Hall–Kier alpha value is -1.68. The molecule has 0 saturated heterocycles. The second-order valence-corrected chi connectivity index (χ2v) is 6.01. The van der Waals surface area contributed by atoms with Gasteiger partial charge in [0.2, 0.25) is 0 Å². The zero-order valence-corrected chi connectivity index (χ0v) is 12.5. The molecular formula is C16H21FN2O. The van der Waals surface area contributed by atoms with E-state index in [4.69, 9.17) is 4.42 Å². The molecule has 0 radical (unpaired) electrons. The Labute approximate surface area is 119 Å². The van der Waals surface area contributed by atoms with Gasteiger partial charge in [-0.15, -0.1) is 0 Å². The minimum absolute atomic E-state index is 0.0789. The third-order valence-corrected chi connectivity index (χ3v) is 3.00. The summed E-state index contributed by atoms with van der Waals surface area (Å²) in [5, 5.41) is 3.38. The first kappa shape index (κ1) is 14.7. The molecular weight excluding hydrogens is 255 g/mol. The molecule has 20 heavy (non-hydrogen) atoms. The molecule has 4 heteroatoms. The molecule has 1 aromatic carbocycles. The van der Waals surface area contributed by atoms with Crippen molar-refractivity contribution in [1.82, 2.24) is 10.3 Å². The Bertz CT molecular complexity index is 584. The molecule has 1 heterocycles. The average Bonchev–Trinajstić information content (AvgIpc) is 2.80. The predicted molar refractivity (Wildman–Crippen MR) is 78.1 cm³/mol. The molecule has 0 bridgehead atoms. The first-order valence-corrected chi connectivity index (χ1v) is 6.81. The number of hydrogen-bond donors (Lipinski definition) is 1. The Morgan fingerprint density at radius 2 is 2.05 bits per heavy atom. The SMILES string of the molecule is Cc1ccc(-c2cnc(CCNC(C)(C)C)o2)cc1F. The van der Waals surface area contributed by atoms with Gasteiger partial charge in [0, 0.05) is 24.1 Å². The summed E-state index contributed by atoms with van der Waals surface area (Å²) in [5.41, 5.74) is 1.42. The molecule has 1 aromatic heterocycles. The summed E-state index contributed by atoms with van der Waals surface area (Å²) in [6.07, 6.45) is 2.36. The van der Waals surface area contributed by atoms with Crippen molar-refractivity contribution in [2.75, 3.05) is 6.54 Å². The monoisotopic (exact) mass is 276 g/mol. The fraction of sp³-hybridized carbons (Fsp3) is 0.438. The number of nitrogens with one attached hydrogen (secondary N) is 1. The van der Waals surface area contributed by atoms with Gasteiger partial charge >= 0.3 is 0 Å². The van der Waals surface area contributed by atoms with Crippen LogP contribution in [0.2, 0.25) is 0 Å². The molecule has 0 aliphatic heterocycles. The van der Waals surface area contributed by atoms with Gasteiger partial charge in [-0.05, 0) is 39.3 Å². The fourth-order valence-electron chi connectivity index (χ4n) is 1.85. The van der Waals surface area contributed by atoms with Crippen LogP contribution in [-0.4, -0.2) is 17.1 Å². The minimum atomic E-state index is -0.227. The largest absolute Gasteiger partial charge is 0.441 e. The first-order chi connectivity index (χ1) is 9.35. The van der Waals surface area contributed by atoms with Gasteiger partial charge in [-0.25, -0.2) is 9.37 Å². The van der Waals surface area contributed by atoms with Crippen LogP contribution < -0.4 is 5.32 Å². The maximum Gasteiger partial charge on any atom is 0.196 e. The van der Waals surface area contributed by atoms with Gasteiger partial charge in [0.15, 0.2) is 11.7 Å². The highest BCUT2D eigenvalue weighted by Gasteiger charge is 2.11. The lowest BCUT2D eigenvalue weighted by Gasteiger charge is -2.19. The van der Waals surface area contributed by atoms with Crippen molar-refractivity contribution in [3.05, 3.63) is 41.7 Å². The number of nitrogens with zero attached hydrogens (tertiary/aromatic N) is 1. The lowest BCUT2D eigenvalue weighted by Crippen LogP contribution is -2.37. The Morgan fingerprint density at radius 1 is 1.30 bits per heavy atom. The Morgan fingerprint density at radius 3 is 2.70 bits per heavy atom. The highest BCUT2D eigenvalue weighted by molar-refractivity contribution is 5.56. The molecule has 1 N–H and O–H groups in total. The third-order valence-electron chi connectivity index (χ3n) is 3.00. The van der Waals surface area contributed by atoms with Crippen molar-refractivity contribution in [1.29, 1.82) is 0 Å². The second-order valence-electron chi connectivity index (χ2n) is 6.01. The van der Waals surface area contributed by atoms with E-state index in [2.05, 4.69) is 31.1 Å². The lowest BCUT2D eigenvalue weighted by atomic mass is 10.1. The summed E-state index contributed by atoms with van der Waals surface area (Å²) in [7, 11) is 0.